The van der Waals surface area contributed by atoms with E-state index < -0.39 is 12.1 Å². The Balaban J connectivity index is 1.53. The molecule has 0 bridgehead atoms. The van der Waals surface area contributed by atoms with Crippen molar-refractivity contribution in [3.05, 3.63) is 41.7 Å². The van der Waals surface area contributed by atoms with Gasteiger partial charge in [0.2, 0.25) is 11.8 Å². The molecule has 8 heteroatoms. The summed E-state index contributed by atoms with van der Waals surface area (Å²) in [4.78, 5) is 27.9. The topological polar surface area (TPSA) is 91.6 Å². The van der Waals surface area contributed by atoms with Gasteiger partial charge in [-0.05, 0) is 12.1 Å². The second kappa shape index (κ2) is 6.53. The van der Waals surface area contributed by atoms with Gasteiger partial charge in [0.1, 0.15) is 11.7 Å². The van der Waals surface area contributed by atoms with E-state index in [0.29, 0.717) is 25.9 Å². The highest BCUT2D eigenvalue weighted by molar-refractivity contribution is 5.87. The van der Waals surface area contributed by atoms with Crippen molar-refractivity contribution in [2.75, 3.05) is 13.1 Å². The quantitative estimate of drug-likeness (QED) is 0.827. The SMILES string of the molecule is CC(=O)N1C[C@@H](O)C[C@@H]1C(=O)N1CCc2c(nnn2-c2ccccc2)C1. The summed E-state index contributed by atoms with van der Waals surface area (Å²) in [6, 6.07) is 9.19. The number of carbonyl (C=O) groups is 2. The number of carbonyl (C=O) groups excluding carboxylic acids is 2. The highest BCUT2D eigenvalue weighted by Crippen LogP contribution is 2.24. The van der Waals surface area contributed by atoms with E-state index in [1.807, 2.05) is 35.0 Å². The molecule has 0 radical (unpaired) electrons. The maximum absolute atomic E-state index is 12.9. The highest BCUT2D eigenvalue weighted by atomic mass is 16.3. The van der Waals surface area contributed by atoms with Crippen LogP contribution in [0.4, 0.5) is 0 Å². The van der Waals surface area contributed by atoms with Crippen molar-refractivity contribution in [2.45, 2.75) is 38.5 Å². The summed E-state index contributed by atoms with van der Waals surface area (Å²) in [5.74, 6) is -0.315. The Morgan fingerprint density at radius 3 is 2.73 bits per heavy atom. The van der Waals surface area contributed by atoms with Crippen LogP contribution in [0, 0.1) is 0 Å². The molecule has 2 aromatic rings. The van der Waals surface area contributed by atoms with Crippen molar-refractivity contribution in [3.63, 3.8) is 0 Å². The van der Waals surface area contributed by atoms with Gasteiger partial charge in [-0.25, -0.2) is 4.68 Å². The van der Waals surface area contributed by atoms with E-state index in [-0.39, 0.29) is 18.4 Å². The Kier molecular flexibility index (Phi) is 4.20. The first-order chi connectivity index (χ1) is 12.5. The summed E-state index contributed by atoms with van der Waals surface area (Å²) in [5.41, 5.74) is 2.74. The van der Waals surface area contributed by atoms with E-state index >= 15 is 0 Å². The van der Waals surface area contributed by atoms with Gasteiger partial charge in [-0.3, -0.25) is 9.59 Å². The zero-order valence-electron chi connectivity index (χ0n) is 14.6. The number of likely N-dealkylation sites (tertiary alicyclic amines) is 1. The second-order valence-corrected chi connectivity index (χ2v) is 6.82. The lowest BCUT2D eigenvalue weighted by molar-refractivity contribution is -0.143. The molecule has 2 atom stereocenters. The van der Waals surface area contributed by atoms with Gasteiger partial charge in [0.25, 0.3) is 0 Å². The van der Waals surface area contributed by atoms with E-state index in [9.17, 15) is 14.7 Å². The summed E-state index contributed by atoms with van der Waals surface area (Å²) >= 11 is 0. The minimum absolute atomic E-state index is 0.128. The molecule has 2 aliphatic heterocycles. The molecule has 136 valence electrons. The first kappa shape index (κ1) is 16.7. The fraction of sp³-hybridized carbons (Fsp3) is 0.444. The third kappa shape index (κ3) is 2.86. The average molecular weight is 355 g/mol. The van der Waals surface area contributed by atoms with Gasteiger partial charge in [0.05, 0.1) is 24.0 Å². The fourth-order valence-corrected chi connectivity index (χ4v) is 3.78. The Bertz CT molecular complexity index is 835. The lowest BCUT2D eigenvalue weighted by Gasteiger charge is -2.31. The van der Waals surface area contributed by atoms with Gasteiger partial charge in [0, 0.05) is 32.9 Å². The molecule has 1 aromatic carbocycles. The van der Waals surface area contributed by atoms with Gasteiger partial charge in [-0.2, -0.15) is 0 Å². The summed E-state index contributed by atoms with van der Waals surface area (Å²) in [7, 11) is 0. The second-order valence-electron chi connectivity index (χ2n) is 6.82. The first-order valence-electron chi connectivity index (χ1n) is 8.77. The van der Waals surface area contributed by atoms with Crippen LogP contribution in [-0.2, 0) is 22.6 Å². The molecular weight excluding hydrogens is 334 g/mol. The number of hydrogen-bond donors (Lipinski definition) is 1. The number of β-amino-alcohol motifs (C(OH)–C–C–N with tert-alkyl or cyclic N) is 1. The molecule has 3 heterocycles. The summed E-state index contributed by atoms with van der Waals surface area (Å²) in [6.45, 7) is 2.57. The number of hydrogen-bond acceptors (Lipinski definition) is 5. The molecule has 1 fully saturated rings. The van der Waals surface area contributed by atoms with Crippen molar-refractivity contribution in [1.82, 2.24) is 24.8 Å². The van der Waals surface area contributed by atoms with E-state index in [1.165, 1.54) is 11.8 Å². The van der Waals surface area contributed by atoms with Crippen LogP contribution in [0.25, 0.3) is 5.69 Å². The third-order valence-electron chi connectivity index (χ3n) is 5.08. The standard InChI is InChI=1S/C18H21N5O3/c1-12(24)22-10-14(25)9-17(22)18(26)21-8-7-16-15(11-21)19-20-23(16)13-5-3-2-4-6-13/h2-6,14,17,25H,7-11H2,1H3/t14-,17+/m0/s1. The number of nitrogens with zero attached hydrogens (tertiary/aromatic N) is 5. The molecule has 0 saturated carbocycles. The van der Waals surface area contributed by atoms with Crippen LogP contribution in [0.5, 0.6) is 0 Å². The van der Waals surface area contributed by atoms with Gasteiger partial charge < -0.3 is 14.9 Å². The average Bonchev–Trinajstić information content (AvgIpc) is 3.25. The predicted octanol–water partition coefficient (Wildman–Crippen LogP) is 0.134. The molecule has 1 aromatic heterocycles. The fourth-order valence-electron chi connectivity index (χ4n) is 3.78. The van der Waals surface area contributed by atoms with Crippen molar-refractivity contribution in [1.29, 1.82) is 0 Å². The molecule has 0 spiro atoms. The van der Waals surface area contributed by atoms with E-state index in [0.717, 1.165) is 17.1 Å². The number of para-hydroxylation sites is 1. The molecule has 4 rings (SSSR count). The van der Waals surface area contributed by atoms with Crippen molar-refractivity contribution >= 4 is 11.8 Å². The van der Waals surface area contributed by atoms with E-state index in [2.05, 4.69) is 10.3 Å². The number of aliphatic hydroxyl groups is 1. The molecular formula is C18H21N5O3. The monoisotopic (exact) mass is 355 g/mol. The maximum atomic E-state index is 12.9. The smallest absolute Gasteiger partial charge is 0.245 e. The lowest BCUT2D eigenvalue weighted by Crippen LogP contribution is -2.48. The predicted molar refractivity (Wildman–Crippen MR) is 92.3 cm³/mol. The maximum Gasteiger partial charge on any atom is 0.245 e. The Labute approximate surface area is 151 Å². The van der Waals surface area contributed by atoms with Crippen LogP contribution < -0.4 is 0 Å². The summed E-state index contributed by atoms with van der Waals surface area (Å²) in [5, 5.41) is 18.4. The Morgan fingerprint density at radius 1 is 1.23 bits per heavy atom. The van der Waals surface area contributed by atoms with E-state index in [4.69, 9.17) is 0 Å². The first-order valence-corrected chi connectivity index (χ1v) is 8.77. The zero-order chi connectivity index (χ0) is 18.3. The van der Waals surface area contributed by atoms with Crippen molar-refractivity contribution < 1.29 is 14.7 Å². The zero-order valence-corrected chi connectivity index (χ0v) is 14.6. The normalized spacial score (nSPS) is 22.4. The molecule has 0 aliphatic carbocycles. The number of benzene rings is 1. The lowest BCUT2D eigenvalue weighted by atomic mass is 10.1. The number of amides is 2. The third-order valence-corrected chi connectivity index (χ3v) is 5.08. The molecule has 0 unspecified atom stereocenters. The van der Waals surface area contributed by atoms with Crippen LogP contribution >= 0.6 is 0 Å². The number of fused-ring (bicyclic) bond motifs is 1. The Hall–Kier alpha value is -2.74. The minimum atomic E-state index is -0.646. The van der Waals surface area contributed by atoms with Crippen LogP contribution in [0.3, 0.4) is 0 Å². The van der Waals surface area contributed by atoms with Gasteiger partial charge in [-0.1, -0.05) is 23.4 Å². The van der Waals surface area contributed by atoms with Gasteiger partial charge >= 0.3 is 0 Å². The van der Waals surface area contributed by atoms with Crippen LogP contribution in [0.1, 0.15) is 24.7 Å². The van der Waals surface area contributed by atoms with Crippen LogP contribution in [0.2, 0.25) is 0 Å². The van der Waals surface area contributed by atoms with Crippen molar-refractivity contribution in [2.24, 2.45) is 0 Å². The largest absolute Gasteiger partial charge is 0.391 e. The highest BCUT2D eigenvalue weighted by Gasteiger charge is 2.40. The Morgan fingerprint density at radius 2 is 2.00 bits per heavy atom. The van der Waals surface area contributed by atoms with Crippen molar-refractivity contribution in [3.8, 4) is 5.69 Å². The van der Waals surface area contributed by atoms with Gasteiger partial charge in [-0.15, -0.1) is 5.10 Å². The number of rotatable bonds is 2. The van der Waals surface area contributed by atoms with E-state index in [1.54, 1.807) is 4.90 Å². The summed E-state index contributed by atoms with van der Waals surface area (Å²) < 4.78 is 1.82. The molecule has 26 heavy (non-hydrogen) atoms. The molecule has 2 amide bonds. The molecule has 2 aliphatic rings. The molecule has 1 saturated heterocycles. The van der Waals surface area contributed by atoms with Gasteiger partial charge in [0.15, 0.2) is 0 Å². The molecule has 1 N–H and O–H groups in total. The molecule has 8 nitrogen and oxygen atoms in total. The summed E-state index contributed by atoms with van der Waals surface area (Å²) in [6.07, 6.45) is 0.295. The van der Waals surface area contributed by atoms with Crippen LogP contribution in [-0.4, -0.2) is 66.9 Å². The minimum Gasteiger partial charge on any atom is -0.391 e. The van der Waals surface area contributed by atoms with Crippen LogP contribution in [0.15, 0.2) is 30.3 Å². The number of aliphatic hydroxyl groups excluding tert-OH is 1. The number of aromatic nitrogens is 3.